The maximum absolute atomic E-state index is 3.70. The molecule has 0 saturated carbocycles. The highest BCUT2D eigenvalue weighted by Gasteiger charge is 2.27. The van der Waals surface area contributed by atoms with E-state index in [4.69, 9.17) is 0 Å². The average Bonchev–Trinajstić information content (AvgIpc) is 3.35. The van der Waals surface area contributed by atoms with Crippen molar-refractivity contribution in [1.29, 1.82) is 0 Å². The second-order valence-electron chi connectivity index (χ2n) is 22.5. The Labute approximate surface area is 444 Å². The summed E-state index contributed by atoms with van der Waals surface area (Å²) in [5.74, 6) is 0. The van der Waals surface area contributed by atoms with Crippen molar-refractivity contribution in [2.24, 2.45) is 0 Å². The Hall–Kier alpha value is -6.20. The van der Waals surface area contributed by atoms with Gasteiger partial charge in [-0.25, -0.2) is 0 Å². The number of allylic oxidation sites excluding steroid dienone is 4. The van der Waals surface area contributed by atoms with Gasteiger partial charge in [0.15, 0.2) is 0 Å². The molecule has 0 atom stereocenters. The van der Waals surface area contributed by atoms with Crippen LogP contribution in [0.3, 0.4) is 0 Å². The topological polar surface area (TPSA) is 6.48 Å². The van der Waals surface area contributed by atoms with Gasteiger partial charge in [0, 0.05) is 31.7 Å². The molecule has 0 unspecified atom stereocenters. The molecule has 0 fully saturated rings. The second-order valence-corrected chi connectivity index (χ2v) is 24.3. The van der Waals surface area contributed by atoms with E-state index < -0.39 is 0 Å². The summed E-state index contributed by atoms with van der Waals surface area (Å²) < 4.78 is 2.16. The summed E-state index contributed by atoms with van der Waals surface area (Å²) in [6, 6.07) is 55.2. The first kappa shape index (κ1) is 48.1. The Bertz CT molecular complexity index is 3700. The van der Waals surface area contributed by atoms with Gasteiger partial charge >= 0.3 is 0 Å². The van der Waals surface area contributed by atoms with Crippen LogP contribution in [0.25, 0.3) is 49.0 Å². The largest absolute Gasteiger partial charge is 0.314 e. The predicted octanol–water partition coefficient (Wildman–Crippen LogP) is 19.9. The first-order valence-corrected chi connectivity index (χ1v) is 27.3. The fourth-order valence-electron chi connectivity index (χ4n) is 12.0. The first-order valence-electron chi connectivity index (χ1n) is 25.7. The van der Waals surface area contributed by atoms with E-state index in [9.17, 15) is 0 Å². The van der Waals surface area contributed by atoms with E-state index in [0.29, 0.717) is 0 Å². The van der Waals surface area contributed by atoms with Crippen LogP contribution in [0.4, 0.5) is 28.4 Å². The van der Waals surface area contributed by atoms with E-state index in [1.165, 1.54) is 122 Å². The third kappa shape index (κ3) is 8.52. The summed E-state index contributed by atoms with van der Waals surface area (Å²) in [6.07, 6.45) is 8.88. The molecule has 0 spiro atoms. The van der Waals surface area contributed by atoms with E-state index in [2.05, 4.69) is 269 Å². The Balaban J connectivity index is 0.988. The molecule has 4 heteroatoms. The third-order valence-corrected chi connectivity index (χ3v) is 16.6. The average molecular weight is 1070 g/mol. The minimum absolute atomic E-state index is 0.0676. The van der Waals surface area contributed by atoms with Crippen molar-refractivity contribution in [3.05, 3.63) is 222 Å². The quantitative estimate of drug-likeness (QED) is 0.111. The molecule has 0 radical (unpaired) electrons. The zero-order valence-electron chi connectivity index (χ0n) is 43.5. The maximum atomic E-state index is 3.70. The molecule has 0 saturated heterocycles. The number of fused-ring (bicyclic) bond motifs is 2. The molecular weight excluding hydrogens is 1000 g/mol. The monoisotopic (exact) mass is 1070 g/mol. The summed E-state index contributed by atoms with van der Waals surface area (Å²) in [6.45, 7) is 22.9. The molecule has 0 N–H and O–H groups in total. The molecule has 0 amide bonds. The van der Waals surface area contributed by atoms with Gasteiger partial charge in [0.25, 0.3) is 0 Å². The predicted molar refractivity (Wildman–Crippen MR) is 318 cm³/mol. The van der Waals surface area contributed by atoms with Gasteiger partial charge in [0.2, 0.25) is 0 Å². The van der Waals surface area contributed by atoms with Crippen LogP contribution in [-0.2, 0) is 17.3 Å². The van der Waals surface area contributed by atoms with Crippen LogP contribution in [0.5, 0.6) is 0 Å². The maximum Gasteiger partial charge on any atom is 0.0520 e. The van der Waals surface area contributed by atoms with E-state index >= 15 is 0 Å². The highest BCUT2D eigenvalue weighted by atomic mass is 79.9. The van der Waals surface area contributed by atoms with Crippen molar-refractivity contribution in [1.82, 2.24) is 0 Å². The molecular formula is C68H64Br2N2. The molecule has 0 aliphatic heterocycles. The van der Waals surface area contributed by atoms with Crippen molar-refractivity contribution in [2.75, 3.05) is 9.80 Å². The minimum atomic E-state index is 0.0676. The van der Waals surface area contributed by atoms with Crippen LogP contribution in [0, 0.1) is 27.7 Å². The molecule has 360 valence electrons. The van der Waals surface area contributed by atoms with Gasteiger partial charge in [-0.05, 0) is 230 Å². The normalized spacial score (nSPS) is 14.0. The minimum Gasteiger partial charge on any atom is -0.314 e. The Kier molecular flexibility index (Phi) is 12.3. The van der Waals surface area contributed by atoms with E-state index in [-0.39, 0.29) is 10.8 Å². The number of aryl methyl sites for hydroxylation is 5. The Morgan fingerprint density at radius 1 is 0.431 bits per heavy atom. The van der Waals surface area contributed by atoms with Crippen LogP contribution in [0.2, 0.25) is 0 Å². The van der Waals surface area contributed by atoms with E-state index in [1.54, 1.807) is 0 Å². The summed E-state index contributed by atoms with van der Waals surface area (Å²) in [7, 11) is 0. The highest BCUT2D eigenvalue weighted by Crippen LogP contribution is 2.47. The van der Waals surface area contributed by atoms with Gasteiger partial charge in [-0.15, -0.1) is 0 Å². The fraction of sp³-hybridized carbons (Fsp3) is 0.235. The van der Waals surface area contributed by atoms with Crippen molar-refractivity contribution in [2.45, 2.75) is 106 Å². The fourth-order valence-corrected chi connectivity index (χ4v) is 12.5. The zero-order chi connectivity index (χ0) is 50.4. The summed E-state index contributed by atoms with van der Waals surface area (Å²) >= 11 is 7.39. The van der Waals surface area contributed by atoms with Crippen molar-refractivity contribution < 1.29 is 0 Å². The molecule has 0 aromatic heterocycles. The number of anilines is 5. The SMILES string of the molecule is Cc1cc(C(C)(C)C)cc(C)c1N(C1=CC=C(C2=c3cccc4c3c(c3cccc5c(-c6ccc(N(c7ccc(Br)cc7)c7c(C)cc(C(C)(C)C)cc7C)cc6)ccc4c53)CC2)CC1)c1ccc(Br)cc1. The molecule has 72 heavy (non-hydrogen) atoms. The highest BCUT2D eigenvalue weighted by molar-refractivity contribution is 9.10. The standard InChI is InChI=1S/C68H64Br2N2/c1-41-37-47(67(5,6)7)38-42(2)65(41)71(53-29-21-49(69)22-30-53)51-25-17-45(18-26-51)55-33-35-61-60-16-12-14-58-56(34-36-62(64(58)60)59-15-11-13-57(55)63(59)61)46-19-27-52(28-20-46)72(54-31-23-50(70)24-32-54)66-43(3)39-48(40-44(66)4)68(8,9)10/h11-19,21-27,29-33,35,37-40H,20,28,34,36H2,1-10H3. The molecule has 11 rings (SSSR count). The van der Waals surface area contributed by atoms with Gasteiger partial charge < -0.3 is 9.80 Å². The first-order chi connectivity index (χ1) is 34.4. The molecule has 9 aromatic rings. The van der Waals surface area contributed by atoms with E-state index in [1.807, 2.05) is 0 Å². The molecule has 2 aliphatic rings. The number of nitrogens with zero attached hydrogens (tertiary/aromatic N) is 2. The zero-order valence-corrected chi connectivity index (χ0v) is 46.7. The van der Waals surface area contributed by atoms with Crippen molar-refractivity contribution in [3.8, 4) is 11.1 Å². The number of halogens is 2. The number of rotatable bonds is 8. The lowest BCUT2D eigenvalue weighted by Gasteiger charge is -2.34. The van der Waals surface area contributed by atoms with Gasteiger partial charge in [-0.3, -0.25) is 0 Å². The van der Waals surface area contributed by atoms with Crippen LogP contribution < -0.4 is 15.0 Å². The van der Waals surface area contributed by atoms with Crippen LogP contribution >= 0.6 is 31.9 Å². The van der Waals surface area contributed by atoms with Crippen LogP contribution in [0.15, 0.2) is 178 Å². The van der Waals surface area contributed by atoms with Crippen molar-refractivity contribution in [3.63, 3.8) is 0 Å². The third-order valence-electron chi connectivity index (χ3n) is 15.5. The van der Waals surface area contributed by atoms with Gasteiger partial charge in [0.05, 0.1) is 11.4 Å². The lowest BCUT2D eigenvalue weighted by molar-refractivity contribution is 0.589. The van der Waals surface area contributed by atoms with E-state index in [0.717, 1.165) is 46.0 Å². The summed E-state index contributed by atoms with van der Waals surface area (Å²) in [5.41, 5.74) is 22.3. The lowest BCUT2D eigenvalue weighted by Crippen LogP contribution is -2.22. The molecule has 9 aromatic carbocycles. The molecule has 0 bridgehead atoms. The van der Waals surface area contributed by atoms with Gasteiger partial charge in [0.1, 0.15) is 0 Å². The Morgan fingerprint density at radius 3 is 1.46 bits per heavy atom. The second kappa shape index (κ2) is 18.4. The van der Waals surface area contributed by atoms with Crippen LogP contribution in [-0.4, -0.2) is 0 Å². The molecule has 2 aliphatic carbocycles. The summed E-state index contributed by atoms with van der Waals surface area (Å²) in [4.78, 5) is 4.95. The van der Waals surface area contributed by atoms with Gasteiger partial charge in [-0.2, -0.15) is 0 Å². The lowest BCUT2D eigenvalue weighted by atomic mass is 9.80. The number of hydrogen-bond acceptors (Lipinski definition) is 2. The molecule has 2 nitrogen and oxygen atoms in total. The summed E-state index contributed by atoms with van der Waals surface area (Å²) in [5, 5.41) is 9.61. The van der Waals surface area contributed by atoms with Crippen LogP contribution in [0.1, 0.15) is 99.7 Å². The smallest absolute Gasteiger partial charge is 0.0520 e. The molecule has 0 heterocycles. The number of hydrogen-bond donors (Lipinski definition) is 0. The Morgan fingerprint density at radius 2 is 0.917 bits per heavy atom. The van der Waals surface area contributed by atoms with Crippen molar-refractivity contribution >= 4 is 98.2 Å². The van der Waals surface area contributed by atoms with Gasteiger partial charge in [-0.1, -0.05) is 164 Å². The number of benzene rings is 9.